The van der Waals surface area contributed by atoms with Crippen LogP contribution in [0, 0.1) is 0 Å². The molecule has 0 spiro atoms. The van der Waals surface area contributed by atoms with Crippen molar-refractivity contribution in [2.75, 3.05) is 12.3 Å². The second kappa shape index (κ2) is 7.32. The summed E-state index contributed by atoms with van der Waals surface area (Å²) in [6.45, 7) is 5.93. The third kappa shape index (κ3) is 4.14. The maximum Gasteiger partial charge on any atom is 0.407 e. The molecule has 0 aliphatic heterocycles. The molecule has 4 N–H and O–H groups in total. The second-order valence-corrected chi connectivity index (χ2v) is 8.75. The quantitative estimate of drug-likeness (QED) is 0.470. The molecule has 4 rings (SSSR count). The molecule has 0 aliphatic rings. The summed E-state index contributed by atoms with van der Waals surface area (Å²) in [6.07, 6.45) is 1.87. The van der Waals surface area contributed by atoms with Crippen LogP contribution in [-0.2, 0) is 11.2 Å². The number of alkyl carbamates (subject to hydrolysis) is 1. The zero-order chi connectivity index (χ0) is 20.6. The monoisotopic (exact) mass is 410 g/mol. The summed E-state index contributed by atoms with van der Waals surface area (Å²) in [5.41, 5.74) is 9.08. The SMILES string of the molecule is CC(C)(C)OC(=O)NCCc1nc2c(N)nc3cc(-c4ccn[nH]4)ccc3c2s1. The molecule has 3 heterocycles. The van der Waals surface area contributed by atoms with Gasteiger partial charge in [-0.05, 0) is 32.9 Å². The van der Waals surface area contributed by atoms with Crippen molar-refractivity contribution in [1.82, 2.24) is 25.5 Å². The maximum absolute atomic E-state index is 11.8. The van der Waals surface area contributed by atoms with Crippen LogP contribution in [0.3, 0.4) is 0 Å². The van der Waals surface area contributed by atoms with Gasteiger partial charge >= 0.3 is 6.09 Å². The van der Waals surface area contributed by atoms with Crippen LogP contribution in [0.25, 0.3) is 32.4 Å². The van der Waals surface area contributed by atoms with Crippen LogP contribution in [0.1, 0.15) is 25.8 Å². The lowest BCUT2D eigenvalue weighted by molar-refractivity contribution is 0.0528. The van der Waals surface area contributed by atoms with Gasteiger partial charge in [0.1, 0.15) is 11.1 Å². The molecular weight excluding hydrogens is 388 g/mol. The predicted octanol–water partition coefficient (Wildman–Crippen LogP) is 3.88. The molecule has 0 fully saturated rings. The van der Waals surface area contributed by atoms with Gasteiger partial charge in [-0.15, -0.1) is 11.3 Å². The number of nitrogens with one attached hydrogen (secondary N) is 2. The predicted molar refractivity (Wildman–Crippen MR) is 115 cm³/mol. The number of thiazole rings is 1. The molecule has 0 saturated heterocycles. The highest BCUT2D eigenvalue weighted by Crippen LogP contribution is 2.34. The lowest BCUT2D eigenvalue weighted by Crippen LogP contribution is -2.33. The van der Waals surface area contributed by atoms with Gasteiger partial charge in [0.2, 0.25) is 0 Å². The van der Waals surface area contributed by atoms with E-state index in [1.165, 1.54) is 0 Å². The van der Waals surface area contributed by atoms with E-state index in [1.54, 1.807) is 17.5 Å². The van der Waals surface area contributed by atoms with E-state index in [4.69, 9.17) is 10.5 Å². The molecule has 29 heavy (non-hydrogen) atoms. The van der Waals surface area contributed by atoms with Crippen molar-refractivity contribution in [3.05, 3.63) is 35.5 Å². The van der Waals surface area contributed by atoms with Crippen LogP contribution in [0.5, 0.6) is 0 Å². The fraction of sp³-hybridized carbons (Fsp3) is 0.300. The summed E-state index contributed by atoms with van der Waals surface area (Å²) < 4.78 is 6.25. The van der Waals surface area contributed by atoms with Crippen LogP contribution in [0.2, 0.25) is 0 Å². The molecule has 150 valence electrons. The van der Waals surface area contributed by atoms with Crippen LogP contribution in [0.15, 0.2) is 30.5 Å². The van der Waals surface area contributed by atoms with E-state index in [0.717, 1.165) is 31.9 Å². The minimum Gasteiger partial charge on any atom is -0.444 e. The topological polar surface area (TPSA) is 119 Å². The van der Waals surface area contributed by atoms with Gasteiger partial charge in [0.25, 0.3) is 0 Å². The van der Waals surface area contributed by atoms with Crippen molar-refractivity contribution >= 4 is 44.4 Å². The Bertz CT molecular complexity index is 1180. The van der Waals surface area contributed by atoms with E-state index >= 15 is 0 Å². The molecule has 9 heteroatoms. The van der Waals surface area contributed by atoms with Gasteiger partial charge in [-0.3, -0.25) is 5.10 Å². The lowest BCUT2D eigenvalue weighted by Gasteiger charge is -2.19. The molecule has 1 aromatic carbocycles. The number of hydrogen-bond acceptors (Lipinski definition) is 7. The zero-order valence-corrected chi connectivity index (χ0v) is 17.3. The summed E-state index contributed by atoms with van der Waals surface area (Å²) in [6, 6.07) is 7.95. The van der Waals surface area contributed by atoms with Crippen molar-refractivity contribution in [2.45, 2.75) is 32.8 Å². The minimum atomic E-state index is -0.520. The summed E-state index contributed by atoms with van der Waals surface area (Å²) in [4.78, 5) is 21.0. The van der Waals surface area contributed by atoms with Gasteiger partial charge in [-0.1, -0.05) is 12.1 Å². The number of carbonyl (C=O) groups excluding carboxylic acids is 1. The Balaban J connectivity index is 1.57. The summed E-state index contributed by atoms with van der Waals surface area (Å²) in [5, 5.41) is 11.6. The van der Waals surface area contributed by atoms with Crippen molar-refractivity contribution in [1.29, 1.82) is 0 Å². The molecule has 3 aromatic heterocycles. The molecule has 0 aliphatic carbocycles. The molecule has 0 unspecified atom stereocenters. The summed E-state index contributed by atoms with van der Waals surface area (Å²) in [5.74, 6) is 0.400. The normalized spacial score (nSPS) is 11.8. The fourth-order valence-electron chi connectivity index (χ4n) is 3.00. The number of benzene rings is 1. The van der Waals surface area contributed by atoms with E-state index in [2.05, 4.69) is 25.5 Å². The first-order valence-corrected chi connectivity index (χ1v) is 10.1. The number of nitrogens with two attached hydrogens (primary N) is 1. The summed E-state index contributed by atoms with van der Waals surface area (Å²) in [7, 11) is 0. The van der Waals surface area contributed by atoms with Gasteiger partial charge in [0.15, 0.2) is 5.82 Å². The number of amides is 1. The van der Waals surface area contributed by atoms with E-state index < -0.39 is 11.7 Å². The fourth-order valence-corrected chi connectivity index (χ4v) is 4.10. The number of nitrogen functional groups attached to an aromatic ring is 1. The highest BCUT2D eigenvalue weighted by atomic mass is 32.1. The van der Waals surface area contributed by atoms with E-state index in [-0.39, 0.29) is 0 Å². The lowest BCUT2D eigenvalue weighted by atomic mass is 10.1. The Morgan fingerprint density at radius 3 is 2.83 bits per heavy atom. The number of aromatic amines is 1. The zero-order valence-electron chi connectivity index (χ0n) is 16.4. The standard InChI is InChI=1S/C20H22N6O2S/c1-20(2,3)28-19(27)22-8-7-15-25-16-17(29-15)12-5-4-11(13-6-9-23-26-13)10-14(12)24-18(16)21/h4-6,9-10H,7-8H2,1-3H3,(H2,21,24)(H,22,27)(H,23,26). The molecule has 0 radical (unpaired) electrons. The number of nitrogens with zero attached hydrogens (tertiary/aromatic N) is 3. The molecule has 0 bridgehead atoms. The van der Waals surface area contributed by atoms with Crippen molar-refractivity contribution in [3.8, 4) is 11.3 Å². The average Bonchev–Trinajstić information content (AvgIpc) is 3.30. The van der Waals surface area contributed by atoms with Gasteiger partial charge in [0.05, 0.1) is 20.9 Å². The molecule has 0 saturated carbocycles. The number of H-pyrrole nitrogens is 1. The molecule has 0 atom stereocenters. The second-order valence-electron chi connectivity index (χ2n) is 7.66. The first kappa shape index (κ1) is 19.1. The third-order valence-electron chi connectivity index (χ3n) is 4.22. The highest BCUT2D eigenvalue weighted by Gasteiger charge is 2.17. The van der Waals surface area contributed by atoms with E-state index in [1.807, 2.05) is 45.0 Å². The van der Waals surface area contributed by atoms with E-state index in [9.17, 15) is 4.79 Å². The molecule has 4 aromatic rings. The summed E-state index contributed by atoms with van der Waals surface area (Å²) >= 11 is 1.57. The van der Waals surface area contributed by atoms with Crippen molar-refractivity contribution in [3.63, 3.8) is 0 Å². The number of pyridine rings is 1. The maximum atomic E-state index is 11.8. The Kier molecular flexibility index (Phi) is 4.83. The van der Waals surface area contributed by atoms with Gasteiger partial charge < -0.3 is 15.8 Å². The largest absolute Gasteiger partial charge is 0.444 e. The smallest absolute Gasteiger partial charge is 0.407 e. The van der Waals surface area contributed by atoms with Crippen molar-refractivity contribution in [2.24, 2.45) is 0 Å². The third-order valence-corrected chi connectivity index (χ3v) is 5.36. The molecular formula is C20H22N6O2S. The Labute approximate surface area is 171 Å². The Morgan fingerprint density at radius 1 is 1.28 bits per heavy atom. The Hall–Kier alpha value is -3.20. The number of aromatic nitrogens is 4. The number of anilines is 1. The Morgan fingerprint density at radius 2 is 2.10 bits per heavy atom. The molecule has 1 amide bonds. The number of fused-ring (bicyclic) bond motifs is 3. The number of hydrogen-bond donors (Lipinski definition) is 3. The van der Waals surface area contributed by atoms with Gasteiger partial charge in [0, 0.05) is 30.1 Å². The van der Waals surface area contributed by atoms with Crippen molar-refractivity contribution < 1.29 is 9.53 Å². The number of carbonyl (C=O) groups is 1. The van der Waals surface area contributed by atoms with Crippen LogP contribution in [0.4, 0.5) is 10.6 Å². The van der Waals surface area contributed by atoms with Gasteiger partial charge in [-0.2, -0.15) is 5.10 Å². The number of rotatable bonds is 4. The number of ether oxygens (including phenoxy) is 1. The van der Waals surface area contributed by atoms with Gasteiger partial charge in [-0.25, -0.2) is 14.8 Å². The first-order valence-electron chi connectivity index (χ1n) is 9.25. The highest BCUT2D eigenvalue weighted by molar-refractivity contribution is 7.19. The van der Waals surface area contributed by atoms with Crippen LogP contribution >= 0.6 is 11.3 Å². The minimum absolute atomic E-state index is 0.400. The average molecular weight is 411 g/mol. The van der Waals surface area contributed by atoms with Crippen LogP contribution in [-0.4, -0.2) is 38.4 Å². The van der Waals surface area contributed by atoms with Crippen LogP contribution < -0.4 is 11.1 Å². The first-order chi connectivity index (χ1) is 13.8. The van der Waals surface area contributed by atoms with E-state index in [0.29, 0.717) is 24.3 Å². The molecule has 8 nitrogen and oxygen atoms in total.